The van der Waals surface area contributed by atoms with Crippen LogP contribution in [0, 0.1) is 5.92 Å². The van der Waals surface area contributed by atoms with Crippen LogP contribution in [0.2, 0.25) is 5.02 Å². The van der Waals surface area contributed by atoms with Crippen molar-refractivity contribution in [3.63, 3.8) is 0 Å². The number of rotatable bonds is 4. The second-order valence-corrected chi connectivity index (χ2v) is 6.95. The Kier molecular flexibility index (Phi) is 5.61. The molecule has 0 unspecified atom stereocenters. The number of hydrogen-bond acceptors (Lipinski definition) is 3. The summed E-state index contributed by atoms with van der Waals surface area (Å²) in [6.45, 7) is 4.37. The average Bonchev–Trinajstić information content (AvgIpc) is 2.57. The normalized spacial score (nSPS) is 22.5. The summed E-state index contributed by atoms with van der Waals surface area (Å²) in [7, 11) is 1.77. The van der Waals surface area contributed by atoms with Gasteiger partial charge in [0.15, 0.2) is 0 Å². The number of halogens is 1. The highest BCUT2D eigenvalue weighted by Gasteiger charge is 2.32. The van der Waals surface area contributed by atoms with Crippen LogP contribution in [-0.4, -0.2) is 38.2 Å². The summed E-state index contributed by atoms with van der Waals surface area (Å²) in [5.74, 6) is 1.71. The standard InChI is InChI=1S/C18H27ClN2O/c1-22-17-8-7-15(19)13-16(17)18(14-5-3-2-4-6-14)21-11-9-20-10-12-21/h7-8,13-14,18,20H,2-6,9-12H2,1H3/t18-/m0/s1. The molecule has 0 amide bonds. The molecule has 122 valence electrons. The van der Waals surface area contributed by atoms with Crippen molar-refractivity contribution in [2.75, 3.05) is 33.3 Å². The summed E-state index contributed by atoms with van der Waals surface area (Å²) in [5.41, 5.74) is 1.28. The Hall–Kier alpha value is -0.770. The van der Waals surface area contributed by atoms with Gasteiger partial charge in [0, 0.05) is 42.8 Å². The molecule has 1 aliphatic heterocycles. The van der Waals surface area contributed by atoms with Crippen LogP contribution in [-0.2, 0) is 0 Å². The van der Waals surface area contributed by atoms with Gasteiger partial charge < -0.3 is 10.1 Å². The molecule has 0 bridgehead atoms. The summed E-state index contributed by atoms with van der Waals surface area (Å²) < 4.78 is 5.66. The molecular formula is C18H27ClN2O. The van der Waals surface area contributed by atoms with Crippen LogP contribution in [0.1, 0.15) is 43.7 Å². The molecule has 1 aromatic carbocycles. The van der Waals surface area contributed by atoms with Crippen LogP contribution < -0.4 is 10.1 Å². The van der Waals surface area contributed by atoms with Crippen LogP contribution in [0.25, 0.3) is 0 Å². The van der Waals surface area contributed by atoms with Crippen molar-refractivity contribution in [3.8, 4) is 5.75 Å². The molecule has 1 aromatic rings. The third-order valence-electron chi connectivity index (χ3n) is 5.15. The topological polar surface area (TPSA) is 24.5 Å². The number of methoxy groups -OCH3 is 1. The Labute approximate surface area is 139 Å². The van der Waals surface area contributed by atoms with Crippen molar-refractivity contribution in [2.24, 2.45) is 5.92 Å². The number of hydrogen-bond donors (Lipinski definition) is 1. The van der Waals surface area contributed by atoms with E-state index in [-0.39, 0.29) is 0 Å². The van der Waals surface area contributed by atoms with E-state index in [2.05, 4.69) is 16.3 Å². The van der Waals surface area contributed by atoms with Crippen LogP contribution in [0.3, 0.4) is 0 Å². The van der Waals surface area contributed by atoms with E-state index in [0.29, 0.717) is 6.04 Å². The molecule has 0 radical (unpaired) electrons. The lowest BCUT2D eigenvalue weighted by molar-refractivity contribution is 0.101. The fourth-order valence-corrected chi connectivity index (χ4v) is 4.28. The van der Waals surface area contributed by atoms with Gasteiger partial charge in [-0.25, -0.2) is 0 Å². The van der Waals surface area contributed by atoms with Crippen LogP contribution >= 0.6 is 11.6 Å². The highest BCUT2D eigenvalue weighted by molar-refractivity contribution is 6.30. The highest BCUT2D eigenvalue weighted by atomic mass is 35.5. The number of nitrogens with zero attached hydrogens (tertiary/aromatic N) is 1. The van der Waals surface area contributed by atoms with Crippen molar-refractivity contribution in [1.82, 2.24) is 10.2 Å². The van der Waals surface area contributed by atoms with E-state index in [9.17, 15) is 0 Å². The van der Waals surface area contributed by atoms with Crippen molar-refractivity contribution in [2.45, 2.75) is 38.1 Å². The molecule has 0 spiro atoms. The quantitative estimate of drug-likeness (QED) is 0.910. The first-order valence-electron chi connectivity index (χ1n) is 8.58. The van der Waals surface area contributed by atoms with Crippen molar-refractivity contribution in [1.29, 1.82) is 0 Å². The Morgan fingerprint density at radius 2 is 1.91 bits per heavy atom. The molecule has 1 N–H and O–H groups in total. The first kappa shape index (κ1) is 16.1. The van der Waals surface area contributed by atoms with Crippen LogP contribution in [0.15, 0.2) is 18.2 Å². The smallest absolute Gasteiger partial charge is 0.123 e. The second kappa shape index (κ2) is 7.67. The van der Waals surface area contributed by atoms with E-state index in [1.807, 2.05) is 12.1 Å². The van der Waals surface area contributed by atoms with Gasteiger partial charge in [0.1, 0.15) is 5.75 Å². The summed E-state index contributed by atoms with van der Waals surface area (Å²) >= 11 is 6.31. The third-order valence-corrected chi connectivity index (χ3v) is 5.39. The first-order chi connectivity index (χ1) is 10.8. The Morgan fingerprint density at radius 1 is 1.18 bits per heavy atom. The molecule has 3 rings (SSSR count). The zero-order chi connectivity index (χ0) is 15.4. The van der Waals surface area contributed by atoms with Crippen molar-refractivity contribution >= 4 is 11.6 Å². The minimum absolute atomic E-state index is 0.441. The lowest BCUT2D eigenvalue weighted by Gasteiger charge is -2.41. The molecule has 2 fully saturated rings. The molecule has 22 heavy (non-hydrogen) atoms. The molecule has 1 saturated heterocycles. The fourth-order valence-electron chi connectivity index (χ4n) is 4.10. The van der Waals surface area contributed by atoms with Gasteiger partial charge in [-0.15, -0.1) is 0 Å². The molecule has 3 nitrogen and oxygen atoms in total. The zero-order valence-corrected chi connectivity index (χ0v) is 14.2. The molecular weight excluding hydrogens is 296 g/mol. The van der Waals surface area contributed by atoms with Crippen molar-refractivity contribution < 1.29 is 4.74 Å². The Balaban J connectivity index is 1.94. The van der Waals surface area contributed by atoms with Crippen molar-refractivity contribution in [3.05, 3.63) is 28.8 Å². The minimum Gasteiger partial charge on any atom is -0.496 e. The lowest BCUT2D eigenvalue weighted by Crippen LogP contribution is -2.47. The first-order valence-corrected chi connectivity index (χ1v) is 8.95. The van der Waals surface area contributed by atoms with Gasteiger partial charge in [-0.1, -0.05) is 30.9 Å². The SMILES string of the molecule is COc1ccc(Cl)cc1[C@H](C1CCCCC1)N1CCNCC1. The van der Waals surface area contributed by atoms with E-state index >= 15 is 0 Å². The second-order valence-electron chi connectivity index (χ2n) is 6.52. The molecule has 1 heterocycles. The van der Waals surface area contributed by atoms with Crippen LogP contribution in [0.4, 0.5) is 0 Å². The summed E-state index contributed by atoms with van der Waals surface area (Å²) in [5, 5.41) is 4.28. The van der Waals surface area contributed by atoms with E-state index in [4.69, 9.17) is 16.3 Å². The predicted octanol–water partition coefficient (Wildman–Crippen LogP) is 3.88. The Bertz CT molecular complexity index is 464. The summed E-state index contributed by atoms with van der Waals surface area (Å²) in [6, 6.07) is 6.52. The molecule has 4 heteroatoms. The summed E-state index contributed by atoms with van der Waals surface area (Å²) in [4.78, 5) is 2.64. The minimum atomic E-state index is 0.441. The van der Waals surface area contributed by atoms with E-state index < -0.39 is 0 Å². The monoisotopic (exact) mass is 322 g/mol. The molecule has 1 aliphatic carbocycles. The number of piperazine rings is 1. The lowest BCUT2D eigenvalue weighted by atomic mass is 9.80. The highest BCUT2D eigenvalue weighted by Crippen LogP contribution is 2.42. The molecule has 1 saturated carbocycles. The maximum atomic E-state index is 6.31. The van der Waals surface area contributed by atoms with Crippen LogP contribution in [0.5, 0.6) is 5.75 Å². The molecule has 1 atom stereocenters. The number of ether oxygens (including phenoxy) is 1. The van der Waals surface area contributed by atoms with E-state index in [1.165, 1.54) is 37.7 Å². The number of nitrogens with one attached hydrogen (secondary N) is 1. The summed E-state index contributed by atoms with van der Waals surface area (Å²) in [6.07, 6.45) is 6.75. The fraction of sp³-hybridized carbons (Fsp3) is 0.667. The van der Waals surface area contributed by atoms with Gasteiger partial charge in [-0.3, -0.25) is 4.90 Å². The van der Waals surface area contributed by atoms with Gasteiger partial charge >= 0.3 is 0 Å². The van der Waals surface area contributed by atoms with Gasteiger partial charge in [0.05, 0.1) is 7.11 Å². The predicted molar refractivity (Wildman–Crippen MR) is 91.8 cm³/mol. The largest absolute Gasteiger partial charge is 0.496 e. The molecule has 0 aromatic heterocycles. The van der Waals surface area contributed by atoms with Gasteiger partial charge in [-0.05, 0) is 37.0 Å². The maximum Gasteiger partial charge on any atom is 0.123 e. The number of benzene rings is 1. The Morgan fingerprint density at radius 3 is 2.59 bits per heavy atom. The van der Waals surface area contributed by atoms with Gasteiger partial charge in [0.2, 0.25) is 0 Å². The average molecular weight is 323 g/mol. The van der Waals surface area contributed by atoms with Gasteiger partial charge in [-0.2, -0.15) is 0 Å². The van der Waals surface area contributed by atoms with E-state index in [0.717, 1.165) is 42.9 Å². The third kappa shape index (κ3) is 3.58. The van der Waals surface area contributed by atoms with Gasteiger partial charge in [0.25, 0.3) is 0 Å². The zero-order valence-electron chi connectivity index (χ0n) is 13.5. The van der Waals surface area contributed by atoms with E-state index in [1.54, 1.807) is 7.11 Å². The molecule has 2 aliphatic rings. The maximum absolute atomic E-state index is 6.31.